The van der Waals surface area contributed by atoms with Gasteiger partial charge in [0, 0.05) is 48.3 Å². The first-order chi connectivity index (χ1) is 12.7. The van der Waals surface area contributed by atoms with Crippen LogP contribution in [0.25, 0.3) is 10.9 Å². The van der Waals surface area contributed by atoms with Crippen molar-refractivity contribution in [3.05, 3.63) is 35.0 Å². The van der Waals surface area contributed by atoms with Gasteiger partial charge < -0.3 is 14.8 Å². The Hall–Kier alpha value is -1.81. The Kier molecular flexibility index (Phi) is 5.03. The molecule has 4 heteroatoms. The molecule has 0 atom stereocenters. The smallest absolute Gasteiger partial charge is 0.253 e. The molecule has 2 aromatic rings. The fourth-order valence-electron chi connectivity index (χ4n) is 4.56. The number of carbonyl (C=O) groups excluding carboxylic acids is 1. The van der Waals surface area contributed by atoms with Crippen LogP contribution in [0.1, 0.15) is 61.1 Å². The van der Waals surface area contributed by atoms with E-state index < -0.39 is 0 Å². The molecule has 0 unspecified atom stereocenters. The van der Waals surface area contributed by atoms with E-state index in [4.69, 9.17) is 0 Å². The molecule has 26 heavy (non-hydrogen) atoms. The summed E-state index contributed by atoms with van der Waals surface area (Å²) in [5, 5.41) is 4.84. The lowest BCUT2D eigenvalue weighted by molar-refractivity contribution is 0.0697. The second-order valence-electron chi connectivity index (χ2n) is 8.06. The van der Waals surface area contributed by atoms with Crippen LogP contribution in [0.5, 0.6) is 0 Å². The van der Waals surface area contributed by atoms with Crippen molar-refractivity contribution in [2.75, 3.05) is 19.6 Å². The largest absolute Gasteiger partial charge is 0.344 e. The van der Waals surface area contributed by atoms with Crippen LogP contribution >= 0.6 is 0 Å². The van der Waals surface area contributed by atoms with Crippen LogP contribution in [-0.4, -0.2) is 35.0 Å². The Morgan fingerprint density at radius 2 is 2.08 bits per heavy atom. The molecule has 0 saturated carbocycles. The third-order valence-electron chi connectivity index (χ3n) is 6.12. The molecule has 1 fully saturated rings. The van der Waals surface area contributed by atoms with Crippen molar-refractivity contribution in [1.82, 2.24) is 14.8 Å². The van der Waals surface area contributed by atoms with Gasteiger partial charge in [0.05, 0.1) is 0 Å². The Morgan fingerprint density at radius 3 is 2.85 bits per heavy atom. The summed E-state index contributed by atoms with van der Waals surface area (Å²) in [6, 6.07) is 6.38. The van der Waals surface area contributed by atoms with Crippen molar-refractivity contribution in [2.45, 2.75) is 59.0 Å². The predicted octanol–water partition coefficient (Wildman–Crippen LogP) is 3.96. The van der Waals surface area contributed by atoms with Gasteiger partial charge in [0.1, 0.15) is 0 Å². The summed E-state index contributed by atoms with van der Waals surface area (Å²) in [6.45, 7) is 9.37. The van der Waals surface area contributed by atoms with Gasteiger partial charge in [-0.2, -0.15) is 0 Å². The molecule has 0 radical (unpaired) electrons. The standard InChI is InChI=1S/C22H31N3O/c1-3-11-25-20-5-4-10-23-15-19(20)18-14-17(6-7-21(18)25)22(26)24-12-8-16(2)9-13-24/h6-7,14,16,23H,3-5,8-13,15H2,1-2H3. The summed E-state index contributed by atoms with van der Waals surface area (Å²) >= 11 is 0. The minimum Gasteiger partial charge on any atom is -0.344 e. The van der Waals surface area contributed by atoms with Gasteiger partial charge in [-0.1, -0.05) is 13.8 Å². The highest BCUT2D eigenvalue weighted by molar-refractivity contribution is 5.99. The van der Waals surface area contributed by atoms with Gasteiger partial charge in [0.25, 0.3) is 5.91 Å². The highest BCUT2D eigenvalue weighted by Gasteiger charge is 2.24. The number of hydrogen-bond acceptors (Lipinski definition) is 2. The van der Waals surface area contributed by atoms with Crippen LogP contribution in [0.3, 0.4) is 0 Å². The molecular weight excluding hydrogens is 322 g/mol. The topological polar surface area (TPSA) is 37.3 Å². The molecule has 4 rings (SSSR count). The molecular formula is C22H31N3O. The molecule has 0 aliphatic carbocycles. The monoisotopic (exact) mass is 353 g/mol. The molecule has 1 N–H and O–H groups in total. The zero-order valence-corrected chi connectivity index (χ0v) is 16.2. The number of rotatable bonds is 3. The zero-order chi connectivity index (χ0) is 18.1. The highest BCUT2D eigenvalue weighted by atomic mass is 16.2. The molecule has 2 aliphatic rings. The Balaban J connectivity index is 1.72. The number of piperidine rings is 1. The first kappa shape index (κ1) is 17.6. The summed E-state index contributed by atoms with van der Waals surface area (Å²) in [7, 11) is 0. The summed E-state index contributed by atoms with van der Waals surface area (Å²) in [5.74, 6) is 0.948. The fourth-order valence-corrected chi connectivity index (χ4v) is 4.56. The van der Waals surface area contributed by atoms with E-state index in [9.17, 15) is 4.79 Å². The van der Waals surface area contributed by atoms with Crippen LogP contribution in [0.4, 0.5) is 0 Å². The van der Waals surface area contributed by atoms with Crippen LogP contribution < -0.4 is 5.32 Å². The fraction of sp³-hybridized carbons (Fsp3) is 0.591. The highest BCUT2D eigenvalue weighted by Crippen LogP contribution is 2.30. The number of aryl methyl sites for hydroxylation is 1. The Labute approximate surface area is 156 Å². The van der Waals surface area contributed by atoms with Gasteiger partial charge in [-0.3, -0.25) is 4.79 Å². The normalized spacial score (nSPS) is 18.8. The van der Waals surface area contributed by atoms with Gasteiger partial charge >= 0.3 is 0 Å². The van der Waals surface area contributed by atoms with Crippen LogP contribution in [0.2, 0.25) is 0 Å². The van der Waals surface area contributed by atoms with E-state index in [0.29, 0.717) is 0 Å². The number of carbonyl (C=O) groups is 1. The second-order valence-corrected chi connectivity index (χ2v) is 8.06. The number of fused-ring (bicyclic) bond motifs is 3. The first-order valence-electron chi connectivity index (χ1n) is 10.3. The van der Waals surface area contributed by atoms with Crippen LogP contribution in [0, 0.1) is 5.92 Å². The van der Waals surface area contributed by atoms with E-state index in [2.05, 4.69) is 35.9 Å². The molecule has 1 aromatic carbocycles. The van der Waals surface area contributed by atoms with E-state index in [1.165, 1.54) is 28.6 Å². The molecule has 0 spiro atoms. The van der Waals surface area contributed by atoms with Gasteiger partial charge in [0.15, 0.2) is 0 Å². The first-order valence-corrected chi connectivity index (χ1v) is 10.3. The molecule has 4 nitrogen and oxygen atoms in total. The average molecular weight is 354 g/mol. The van der Waals surface area contributed by atoms with Crippen molar-refractivity contribution in [3.63, 3.8) is 0 Å². The number of hydrogen-bond donors (Lipinski definition) is 1. The zero-order valence-electron chi connectivity index (χ0n) is 16.2. The predicted molar refractivity (Wildman–Crippen MR) is 107 cm³/mol. The lowest BCUT2D eigenvalue weighted by atomic mass is 9.98. The molecule has 1 saturated heterocycles. The lowest BCUT2D eigenvalue weighted by Gasteiger charge is -2.30. The maximum absolute atomic E-state index is 13.0. The van der Waals surface area contributed by atoms with Gasteiger partial charge in [-0.15, -0.1) is 0 Å². The minimum absolute atomic E-state index is 0.206. The van der Waals surface area contributed by atoms with E-state index in [1.54, 1.807) is 0 Å². The van der Waals surface area contributed by atoms with Crippen LogP contribution in [-0.2, 0) is 19.5 Å². The SMILES string of the molecule is CCCn1c2c(c3cc(C(=O)N4CCC(C)CC4)ccc31)CNCCC2. The number of aromatic nitrogens is 1. The molecule has 3 heterocycles. The van der Waals surface area contributed by atoms with Crippen LogP contribution in [0.15, 0.2) is 18.2 Å². The van der Waals surface area contributed by atoms with E-state index >= 15 is 0 Å². The quantitative estimate of drug-likeness (QED) is 0.907. The minimum atomic E-state index is 0.206. The number of amides is 1. The number of benzene rings is 1. The van der Waals surface area contributed by atoms with Gasteiger partial charge in [-0.05, 0) is 68.3 Å². The Bertz CT molecular complexity index is 799. The third-order valence-corrected chi connectivity index (χ3v) is 6.12. The van der Waals surface area contributed by atoms with Crippen molar-refractivity contribution in [3.8, 4) is 0 Å². The van der Waals surface area contributed by atoms with Crippen molar-refractivity contribution in [1.29, 1.82) is 0 Å². The van der Waals surface area contributed by atoms with Crippen molar-refractivity contribution in [2.24, 2.45) is 5.92 Å². The third kappa shape index (κ3) is 3.16. The number of nitrogens with one attached hydrogen (secondary N) is 1. The lowest BCUT2D eigenvalue weighted by Crippen LogP contribution is -2.37. The molecule has 0 bridgehead atoms. The summed E-state index contributed by atoms with van der Waals surface area (Å²) < 4.78 is 2.49. The maximum atomic E-state index is 13.0. The molecule has 2 aliphatic heterocycles. The molecule has 140 valence electrons. The van der Waals surface area contributed by atoms with Crippen molar-refractivity contribution < 1.29 is 4.79 Å². The second kappa shape index (κ2) is 7.43. The van der Waals surface area contributed by atoms with Gasteiger partial charge in [0.2, 0.25) is 0 Å². The molecule has 1 aromatic heterocycles. The summed E-state index contributed by atoms with van der Waals surface area (Å²) in [5.41, 5.74) is 5.04. The Morgan fingerprint density at radius 1 is 1.27 bits per heavy atom. The summed E-state index contributed by atoms with van der Waals surface area (Å²) in [4.78, 5) is 15.1. The van der Waals surface area contributed by atoms with Gasteiger partial charge in [-0.25, -0.2) is 0 Å². The molecule has 1 amide bonds. The van der Waals surface area contributed by atoms with E-state index in [-0.39, 0.29) is 5.91 Å². The summed E-state index contributed by atoms with van der Waals surface area (Å²) in [6.07, 6.45) is 5.70. The number of likely N-dealkylation sites (tertiary alicyclic amines) is 1. The van der Waals surface area contributed by atoms with E-state index in [1.807, 2.05) is 11.0 Å². The maximum Gasteiger partial charge on any atom is 0.253 e. The number of nitrogens with zero attached hydrogens (tertiary/aromatic N) is 2. The van der Waals surface area contributed by atoms with E-state index in [0.717, 1.165) is 69.9 Å². The average Bonchev–Trinajstić information content (AvgIpc) is 2.81. The van der Waals surface area contributed by atoms with Crippen molar-refractivity contribution >= 4 is 16.8 Å².